The number of hydrogen-bond acceptors (Lipinski definition) is 2. The van der Waals surface area contributed by atoms with Crippen LogP contribution in [0, 0.1) is 5.41 Å². The Bertz CT molecular complexity index is 393. The van der Waals surface area contributed by atoms with Crippen LogP contribution in [0.4, 0.5) is 4.79 Å². The molecular formula is C16H28N2O3. The molecule has 0 spiro atoms. The number of nitrogens with zero attached hydrogens (tertiary/aromatic N) is 2. The van der Waals surface area contributed by atoms with Gasteiger partial charge in [-0.3, -0.25) is 4.79 Å². The highest BCUT2D eigenvalue weighted by molar-refractivity contribution is 5.79. The minimum Gasteiger partial charge on any atom is -0.481 e. The van der Waals surface area contributed by atoms with Gasteiger partial charge < -0.3 is 14.9 Å². The fourth-order valence-electron chi connectivity index (χ4n) is 3.86. The van der Waals surface area contributed by atoms with Gasteiger partial charge in [0, 0.05) is 25.7 Å². The molecule has 1 atom stereocenters. The van der Waals surface area contributed by atoms with E-state index >= 15 is 0 Å². The first kappa shape index (κ1) is 16.1. The number of carbonyl (C=O) groups excluding carboxylic acids is 1. The van der Waals surface area contributed by atoms with Gasteiger partial charge in [-0.25, -0.2) is 4.79 Å². The molecule has 5 heteroatoms. The molecule has 1 unspecified atom stereocenters. The summed E-state index contributed by atoms with van der Waals surface area (Å²) in [4.78, 5) is 28.2. The molecule has 2 fully saturated rings. The number of rotatable bonds is 4. The highest BCUT2D eigenvalue weighted by Gasteiger charge is 2.43. The summed E-state index contributed by atoms with van der Waals surface area (Å²) in [5.41, 5.74) is -0.747. The van der Waals surface area contributed by atoms with Crippen molar-refractivity contribution in [3.63, 3.8) is 0 Å². The van der Waals surface area contributed by atoms with Crippen LogP contribution in [0.2, 0.25) is 0 Å². The Balaban J connectivity index is 2.08. The van der Waals surface area contributed by atoms with Crippen LogP contribution in [0.5, 0.6) is 0 Å². The molecular weight excluding hydrogens is 268 g/mol. The zero-order chi connectivity index (χ0) is 15.5. The Morgan fingerprint density at radius 2 is 1.90 bits per heavy atom. The molecule has 5 nitrogen and oxygen atoms in total. The van der Waals surface area contributed by atoms with Crippen LogP contribution in [0.1, 0.15) is 58.8 Å². The number of piperidine rings is 1. The van der Waals surface area contributed by atoms with Gasteiger partial charge in [0.25, 0.3) is 0 Å². The van der Waals surface area contributed by atoms with Gasteiger partial charge in [-0.15, -0.1) is 0 Å². The van der Waals surface area contributed by atoms with Crippen LogP contribution in [0.15, 0.2) is 0 Å². The Morgan fingerprint density at radius 3 is 2.43 bits per heavy atom. The molecule has 0 aromatic heterocycles. The summed E-state index contributed by atoms with van der Waals surface area (Å²) >= 11 is 0. The normalized spacial score (nSPS) is 26.9. The first-order chi connectivity index (χ1) is 10.0. The van der Waals surface area contributed by atoms with E-state index in [4.69, 9.17) is 0 Å². The Kier molecular flexibility index (Phi) is 5.12. The standard InChI is InChI=1S/C16H28N2O3/c1-3-16(14(19)20)10-7-11-17(12-16)15(21)18(4-2)13-8-5-6-9-13/h13H,3-12H2,1-2H3,(H,19,20). The first-order valence-corrected chi connectivity index (χ1v) is 8.33. The number of carboxylic acid groups (broad SMARTS) is 1. The van der Waals surface area contributed by atoms with E-state index in [0.717, 1.165) is 19.3 Å². The third kappa shape index (κ3) is 3.16. The van der Waals surface area contributed by atoms with E-state index in [1.807, 2.05) is 18.7 Å². The van der Waals surface area contributed by atoms with Crippen molar-refractivity contribution >= 4 is 12.0 Å². The maximum absolute atomic E-state index is 12.8. The molecule has 1 saturated heterocycles. The lowest BCUT2D eigenvalue weighted by Gasteiger charge is -2.42. The zero-order valence-corrected chi connectivity index (χ0v) is 13.3. The van der Waals surface area contributed by atoms with Gasteiger partial charge in [0.2, 0.25) is 0 Å². The topological polar surface area (TPSA) is 60.9 Å². The predicted molar refractivity (Wildman–Crippen MR) is 81.2 cm³/mol. The fraction of sp³-hybridized carbons (Fsp3) is 0.875. The van der Waals surface area contributed by atoms with Crippen molar-refractivity contribution < 1.29 is 14.7 Å². The van der Waals surface area contributed by atoms with Crippen molar-refractivity contribution in [2.24, 2.45) is 5.41 Å². The molecule has 0 bridgehead atoms. The number of hydrogen-bond donors (Lipinski definition) is 1. The van der Waals surface area contributed by atoms with E-state index < -0.39 is 11.4 Å². The average molecular weight is 296 g/mol. The van der Waals surface area contributed by atoms with Crippen molar-refractivity contribution in [3.8, 4) is 0 Å². The number of carbonyl (C=O) groups is 2. The van der Waals surface area contributed by atoms with E-state index in [-0.39, 0.29) is 6.03 Å². The van der Waals surface area contributed by atoms with Crippen LogP contribution in [-0.2, 0) is 4.79 Å². The molecule has 0 aromatic rings. The summed E-state index contributed by atoms with van der Waals surface area (Å²) in [5, 5.41) is 9.54. The maximum Gasteiger partial charge on any atom is 0.320 e. The van der Waals surface area contributed by atoms with Crippen molar-refractivity contribution in [1.82, 2.24) is 9.80 Å². The monoisotopic (exact) mass is 296 g/mol. The molecule has 1 saturated carbocycles. The van der Waals surface area contributed by atoms with Gasteiger partial charge in [0.05, 0.1) is 5.41 Å². The van der Waals surface area contributed by atoms with Crippen molar-refractivity contribution in [2.75, 3.05) is 19.6 Å². The summed E-state index contributed by atoms with van der Waals surface area (Å²) in [6, 6.07) is 0.397. The molecule has 2 rings (SSSR count). The van der Waals surface area contributed by atoms with Gasteiger partial charge in [-0.2, -0.15) is 0 Å². The Morgan fingerprint density at radius 1 is 1.24 bits per heavy atom. The third-order valence-electron chi connectivity index (χ3n) is 5.33. The largest absolute Gasteiger partial charge is 0.481 e. The smallest absolute Gasteiger partial charge is 0.320 e. The van der Waals surface area contributed by atoms with Crippen LogP contribution >= 0.6 is 0 Å². The van der Waals surface area contributed by atoms with Gasteiger partial charge in [0.15, 0.2) is 0 Å². The molecule has 1 aliphatic heterocycles. The highest BCUT2D eigenvalue weighted by Crippen LogP contribution is 2.34. The fourth-order valence-corrected chi connectivity index (χ4v) is 3.86. The summed E-state index contributed by atoms with van der Waals surface area (Å²) < 4.78 is 0. The Labute approximate surface area is 127 Å². The van der Waals surface area contributed by atoms with E-state index in [2.05, 4.69) is 0 Å². The van der Waals surface area contributed by atoms with Crippen LogP contribution in [0.25, 0.3) is 0 Å². The molecule has 0 radical (unpaired) electrons. The van der Waals surface area contributed by atoms with Crippen molar-refractivity contribution in [3.05, 3.63) is 0 Å². The van der Waals surface area contributed by atoms with Gasteiger partial charge in [-0.1, -0.05) is 19.8 Å². The molecule has 2 aliphatic rings. The SMILES string of the molecule is CCN(C(=O)N1CCCC(CC)(C(=O)O)C1)C1CCCC1. The number of carboxylic acids is 1. The zero-order valence-electron chi connectivity index (χ0n) is 13.3. The summed E-state index contributed by atoms with van der Waals surface area (Å²) in [5.74, 6) is -0.758. The first-order valence-electron chi connectivity index (χ1n) is 8.33. The number of aliphatic carboxylic acids is 1. The molecule has 120 valence electrons. The highest BCUT2D eigenvalue weighted by atomic mass is 16.4. The second-order valence-electron chi connectivity index (χ2n) is 6.47. The van der Waals surface area contributed by atoms with E-state index in [9.17, 15) is 14.7 Å². The van der Waals surface area contributed by atoms with Crippen molar-refractivity contribution in [2.45, 2.75) is 64.8 Å². The summed E-state index contributed by atoms with van der Waals surface area (Å²) in [6.07, 6.45) is 6.62. The van der Waals surface area contributed by atoms with Gasteiger partial charge in [0.1, 0.15) is 0 Å². The van der Waals surface area contributed by atoms with Crippen LogP contribution < -0.4 is 0 Å². The number of amides is 2. The molecule has 0 aromatic carbocycles. The Hall–Kier alpha value is -1.26. The molecule has 1 heterocycles. The molecule has 1 N–H and O–H groups in total. The quantitative estimate of drug-likeness (QED) is 0.867. The van der Waals surface area contributed by atoms with Gasteiger partial charge in [-0.05, 0) is 39.0 Å². The molecule has 2 amide bonds. The lowest BCUT2D eigenvalue weighted by Crippen LogP contribution is -2.55. The second kappa shape index (κ2) is 6.67. The summed E-state index contributed by atoms with van der Waals surface area (Å²) in [7, 11) is 0. The summed E-state index contributed by atoms with van der Waals surface area (Å²) in [6.45, 7) is 5.70. The third-order valence-corrected chi connectivity index (χ3v) is 5.33. The lowest BCUT2D eigenvalue weighted by molar-refractivity contribution is -0.152. The lowest BCUT2D eigenvalue weighted by atomic mass is 9.78. The second-order valence-corrected chi connectivity index (χ2v) is 6.47. The molecule has 21 heavy (non-hydrogen) atoms. The van der Waals surface area contributed by atoms with Crippen molar-refractivity contribution in [1.29, 1.82) is 0 Å². The van der Waals surface area contributed by atoms with Crippen LogP contribution in [0.3, 0.4) is 0 Å². The minimum atomic E-state index is -0.758. The number of likely N-dealkylation sites (tertiary alicyclic amines) is 1. The number of urea groups is 1. The average Bonchev–Trinajstić information content (AvgIpc) is 3.01. The van der Waals surface area contributed by atoms with E-state index in [1.165, 1.54) is 12.8 Å². The van der Waals surface area contributed by atoms with E-state index in [0.29, 0.717) is 38.5 Å². The van der Waals surface area contributed by atoms with Crippen LogP contribution in [-0.4, -0.2) is 52.6 Å². The van der Waals surface area contributed by atoms with E-state index in [1.54, 1.807) is 4.90 Å². The maximum atomic E-state index is 12.8. The minimum absolute atomic E-state index is 0.0446. The van der Waals surface area contributed by atoms with Gasteiger partial charge >= 0.3 is 12.0 Å². The molecule has 1 aliphatic carbocycles. The predicted octanol–water partition coefficient (Wildman–Crippen LogP) is 2.95.